The molecule has 0 saturated heterocycles. The van der Waals surface area contributed by atoms with E-state index in [-0.39, 0.29) is 5.92 Å². The molecule has 0 aromatic carbocycles. The summed E-state index contributed by atoms with van der Waals surface area (Å²) in [7, 11) is -3.24. The van der Waals surface area contributed by atoms with Gasteiger partial charge in [0.05, 0.1) is 6.61 Å². The van der Waals surface area contributed by atoms with E-state index in [4.69, 9.17) is 9.79 Å². The molecule has 0 aromatic heterocycles. The fourth-order valence-electron chi connectivity index (χ4n) is 1.16. The Morgan fingerprint density at radius 1 is 1.47 bits per heavy atom. The van der Waals surface area contributed by atoms with Crippen molar-refractivity contribution in [2.75, 3.05) is 19.7 Å². The zero-order chi connectivity index (χ0) is 11.9. The number of hydrogen-bond acceptors (Lipinski definition) is 3. The summed E-state index contributed by atoms with van der Waals surface area (Å²) in [5, 5.41) is 8.95. The summed E-state index contributed by atoms with van der Waals surface area (Å²) in [5.74, 6) is 2.11. The van der Waals surface area contributed by atoms with Crippen LogP contribution in [0.3, 0.4) is 0 Å². The van der Waals surface area contributed by atoms with Gasteiger partial charge in [0.2, 0.25) is 0 Å². The van der Waals surface area contributed by atoms with Gasteiger partial charge in [-0.15, -0.1) is 0 Å². The molecule has 0 bridgehead atoms. The van der Waals surface area contributed by atoms with E-state index in [0.29, 0.717) is 19.7 Å². The van der Waals surface area contributed by atoms with E-state index in [1.807, 2.05) is 33.5 Å². The topological polar surface area (TPSA) is 53.3 Å². The molecular formula is C10H21N2O2P. The van der Waals surface area contributed by atoms with Crippen LogP contribution in [0.4, 0.5) is 0 Å². The Morgan fingerprint density at radius 3 is 2.40 bits per heavy atom. The van der Waals surface area contributed by atoms with Crippen LogP contribution in [0.2, 0.25) is 0 Å². The van der Waals surface area contributed by atoms with Gasteiger partial charge in [0, 0.05) is 13.1 Å². The molecule has 0 aliphatic rings. The molecule has 0 saturated carbocycles. The Morgan fingerprint density at radius 2 is 2.07 bits per heavy atom. The Bertz CT molecular complexity index is 261. The van der Waals surface area contributed by atoms with E-state index in [2.05, 4.69) is 0 Å². The van der Waals surface area contributed by atoms with Crippen LogP contribution >= 0.6 is 7.52 Å². The molecule has 0 spiro atoms. The lowest BCUT2D eigenvalue weighted by Crippen LogP contribution is -2.22. The highest BCUT2D eigenvalue weighted by Crippen LogP contribution is 2.49. The minimum atomic E-state index is -3.24. The fourth-order valence-corrected chi connectivity index (χ4v) is 2.84. The summed E-state index contributed by atoms with van der Waals surface area (Å²) in [4.78, 5) is 0. The van der Waals surface area contributed by atoms with Gasteiger partial charge in [0.15, 0.2) is 5.81 Å². The maximum absolute atomic E-state index is 12.2. The summed E-state index contributed by atoms with van der Waals surface area (Å²) in [6, 6.07) is 0. The van der Waals surface area contributed by atoms with E-state index in [1.165, 1.54) is 0 Å². The van der Waals surface area contributed by atoms with Crippen molar-refractivity contribution in [2.45, 2.75) is 34.1 Å². The van der Waals surface area contributed by atoms with E-state index in [1.54, 1.807) is 4.67 Å². The third kappa shape index (κ3) is 4.79. The van der Waals surface area contributed by atoms with Crippen molar-refractivity contribution >= 4 is 7.52 Å². The molecule has 0 rings (SSSR count). The minimum Gasteiger partial charge on any atom is -0.307 e. The van der Waals surface area contributed by atoms with Gasteiger partial charge in [0.1, 0.15) is 0 Å². The maximum Gasteiger partial charge on any atom is 0.371 e. The van der Waals surface area contributed by atoms with Gasteiger partial charge in [-0.1, -0.05) is 27.7 Å². The average molecular weight is 232 g/mol. The van der Waals surface area contributed by atoms with E-state index >= 15 is 0 Å². The smallest absolute Gasteiger partial charge is 0.307 e. The number of hydrogen-bond donors (Lipinski definition) is 0. The SMILES string of the molecule is CCCN(CC)P(=O)(C#N)OCC(C)C. The van der Waals surface area contributed by atoms with E-state index in [0.717, 1.165) is 6.42 Å². The van der Waals surface area contributed by atoms with Gasteiger partial charge in [-0.25, -0.2) is 4.67 Å². The van der Waals surface area contributed by atoms with Crippen LogP contribution < -0.4 is 0 Å². The van der Waals surface area contributed by atoms with Crippen molar-refractivity contribution in [3.63, 3.8) is 0 Å². The fraction of sp³-hybridized carbons (Fsp3) is 0.900. The number of nitrogens with zero attached hydrogens (tertiary/aromatic N) is 2. The van der Waals surface area contributed by atoms with Gasteiger partial charge < -0.3 is 4.52 Å². The molecule has 15 heavy (non-hydrogen) atoms. The highest BCUT2D eigenvalue weighted by Gasteiger charge is 2.30. The molecule has 1 unspecified atom stereocenters. The summed E-state index contributed by atoms with van der Waals surface area (Å²) >= 11 is 0. The quantitative estimate of drug-likeness (QED) is 0.633. The van der Waals surface area contributed by atoms with Crippen LogP contribution in [0.5, 0.6) is 0 Å². The second-order valence-electron chi connectivity index (χ2n) is 3.86. The second-order valence-corrected chi connectivity index (χ2v) is 5.92. The third-order valence-corrected chi connectivity index (χ3v) is 3.91. The normalized spacial score (nSPS) is 15.3. The first-order valence-electron chi connectivity index (χ1n) is 5.41. The molecule has 0 heterocycles. The van der Waals surface area contributed by atoms with Crippen LogP contribution in [-0.2, 0) is 9.09 Å². The number of rotatable bonds is 7. The Kier molecular flexibility index (Phi) is 6.84. The largest absolute Gasteiger partial charge is 0.371 e. The van der Waals surface area contributed by atoms with E-state index < -0.39 is 7.52 Å². The van der Waals surface area contributed by atoms with Crippen molar-refractivity contribution in [1.29, 1.82) is 5.26 Å². The molecule has 5 heteroatoms. The van der Waals surface area contributed by atoms with Crippen molar-refractivity contribution in [1.82, 2.24) is 4.67 Å². The molecular weight excluding hydrogens is 211 g/mol. The molecule has 0 fully saturated rings. The van der Waals surface area contributed by atoms with Crippen LogP contribution in [0.25, 0.3) is 0 Å². The van der Waals surface area contributed by atoms with Crippen LogP contribution in [-0.4, -0.2) is 24.4 Å². The predicted molar refractivity (Wildman–Crippen MR) is 61.5 cm³/mol. The molecule has 0 aliphatic heterocycles. The van der Waals surface area contributed by atoms with Crippen molar-refractivity contribution in [2.24, 2.45) is 5.92 Å². The monoisotopic (exact) mass is 232 g/mol. The van der Waals surface area contributed by atoms with E-state index in [9.17, 15) is 4.57 Å². The van der Waals surface area contributed by atoms with Crippen LogP contribution in [0.15, 0.2) is 0 Å². The molecule has 1 atom stereocenters. The number of nitriles is 1. The lowest BCUT2D eigenvalue weighted by molar-refractivity contribution is 0.240. The molecule has 0 amide bonds. The third-order valence-electron chi connectivity index (χ3n) is 1.93. The summed E-state index contributed by atoms with van der Waals surface area (Å²) in [6.45, 7) is 9.40. The minimum absolute atomic E-state index is 0.284. The Hall–Kier alpha value is -0.360. The van der Waals surface area contributed by atoms with Gasteiger partial charge in [-0.05, 0) is 12.3 Å². The summed E-state index contributed by atoms with van der Waals surface area (Å²) in [6.07, 6.45) is 0.866. The van der Waals surface area contributed by atoms with Crippen LogP contribution in [0.1, 0.15) is 34.1 Å². The first kappa shape index (κ1) is 14.6. The van der Waals surface area contributed by atoms with Crippen molar-refractivity contribution in [3.8, 4) is 5.81 Å². The lowest BCUT2D eigenvalue weighted by atomic mass is 10.2. The lowest BCUT2D eigenvalue weighted by Gasteiger charge is -2.24. The Balaban J connectivity index is 4.53. The average Bonchev–Trinajstić information content (AvgIpc) is 2.22. The molecule has 4 nitrogen and oxygen atoms in total. The molecule has 0 aliphatic carbocycles. The standard InChI is InChI=1S/C10H21N2O2P/c1-5-7-12(6-2)15(13,9-11)14-8-10(3)4/h10H,5-8H2,1-4H3. The van der Waals surface area contributed by atoms with Crippen LogP contribution in [0, 0.1) is 17.0 Å². The summed E-state index contributed by atoms with van der Waals surface area (Å²) < 4.78 is 19.1. The first-order chi connectivity index (χ1) is 7.00. The predicted octanol–water partition coefficient (Wildman–Crippen LogP) is 3.07. The summed E-state index contributed by atoms with van der Waals surface area (Å²) in [5.41, 5.74) is 0. The second kappa shape index (κ2) is 7.00. The van der Waals surface area contributed by atoms with Crippen molar-refractivity contribution in [3.05, 3.63) is 0 Å². The van der Waals surface area contributed by atoms with Gasteiger partial charge >= 0.3 is 7.52 Å². The molecule has 0 radical (unpaired) electrons. The van der Waals surface area contributed by atoms with Gasteiger partial charge in [-0.3, -0.25) is 4.57 Å². The highest BCUT2D eigenvalue weighted by atomic mass is 31.2. The maximum atomic E-state index is 12.2. The first-order valence-corrected chi connectivity index (χ1v) is 6.99. The molecule has 0 N–H and O–H groups in total. The molecule has 0 aromatic rings. The molecule has 88 valence electrons. The Labute approximate surface area is 92.7 Å². The zero-order valence-electron chi connectivity index (χ0n) is 10.1. The highest BCUT2D eigenvalue weighted by molar-refractivity contribution is 7.61. The van der Waals surface area contributed by atoms with Crippen molar-refractivity contribution < 1.29 is 9.09 Å². The van der Waals surface area contributed by atoms with Gasteiger partial charge in [0.25, 0.3) is 0 Å². The zero-order valence-corrected chi connectivity index (χ0v) is 11.0. The van der Waals surface area contributed by atoms with Gasteiger partial charge in [-0.2, -0.15) is 5.26 Å².